The van der Waals surface area contributed by atoms with Gasteiger partial charge in [-0.25, -0.2) is 4.98 Å². The summed E-state index contributed by atoms with van der Waals surface area (Å²) in [4.78, 5) is 15.6. The Hall–Kier alpha value is -1.96. The molecule has 4 nitrogen and oxygen atoms in total. The number of amides is 1. The SMILES string of the molecule is CCC1CCC(C#N)(NC(=O)c2cccc(F)n2)CC1. The molecule has 106 valence electrons. The predicted molar refractivity (Wildman–Crippen MR) is 72.3 cm³/mol. The molecule has 0 aliphatic heterocycles. The summed E-state index contributed by atoms with van der Waals surface area (Å²) in [6.07, 6.45) is 4.24. The van der Waals surface area contributed by atoms with Gasteiger partial charge in [0, 0.05) is 0 Å². The van der Waals surface area contributed by atoms with E-state index in [1.54, 1.807) is 0 Å². The molecule has 1 heterocycles. The lowest BCUT2D eigenvalue weighted by atomic mass is 9.76. The van der Waals surface area contributed by atoms with E-state index < -0.39 is 17.4 Å². The summed E-state index contributed by atoms with van der Waals surface area (Å²) in [6, 6.07) is 6.29. The molecule has 1 N–H and O–H groups in total. The second-order valence-corrected chi connectivity index (χ2v) is 5.35. The van der Waals surface area contributed by atoms with Gasteiger partial charge in [0.05, 0.1) is 6.07 Å². The fourth-order valence-electron chi connectivity index (χ4n) is 2.66. The van der Waals surface area contributed by atoms with E-state index in [0.29, 0.717) is 18.8 Å². The average molecular weight is 275 g/mol. The van der Waals surface area contributed by atoms with E-state index in [0.717, 1.165) is 19.3 Å². The number of carbonyl (C=O) groups is 1. The largest absolute Gasteiger partial charge is 0.332 e. The van der Waals surface area contributed by atoms with Gasteiger partial charge in [-0.15, -0.1) is 0 Å². The first-order chi connectivity index (χ1) is 9.58. The van der Waals surface area contributed by atoms with Crippen LogP contribution < -0.4 is 5.32 Å². The predicted octanol–water partition coefficient (Wildman–Crippen LogP) is 2.81. The third-order valence-electron chi connectivity index (χ3n) is 4.05. The zero-order chi connectivity index (χ0) is 14.6. The number of nitrogens with zero attached hydrogens (tertiary/aromatic N) is 2. The van der Waals surface area contributed by atoms with E-state index in [2.05, 4.69) is 23.3 Å². The van der Waals surface area contributed by atoms with Crippen molar-refractivity contribution in [2.45, 2.75) is 44.6 Å². The second-order valence-electron chi connectivity index (χ2n) is 5.35. The molecule has 1 aromatic rings. The number of aromatic nitrogens is 1. The van der Waals surface area contributed by atoms with Gasteiger partial charge in [-0.3, -0.25) is 4.79 Å². The third-order valence-corrected chi connectivity index (χ3v) is 4.05. The molecular formula is C15H18FN3O. The van der Waals surface area contributed by atoms with Crippen LogP contribution in [0.4, 0.5) is 4.39 Å². The van der Waals surface area contributed by atoms with Gasteiger partial charge in [0.25, 0.3) is 5.91 Å². The molecule has 5 heteroatoms. The van der Waals surface area contributed by atoms with Gasteiger partial charge >= 0.3 is 0 Å². The minimum absolute atomic E-state index is 0.0113. The van der Waals surface area contributed by atoms with E-state index in [4.69, 9.17) is 0 Å². The van der Waals surface area contributed by atoms with Crippen LogP contribution in [0.15, 0.2) is 18.2 Å². The van der Waals surface area contributed by atoms with Crippen molar-refractivity contribution in [2.75, 3.05) is 0 Å². The number of hydrogen-bond donors (Lipinski definition) is 1. The molecule has 0 saturated heterocycles. The van der Waals surface area contributed by atoms with E-state index in [1.807, 2.05) is 0 Å². The maximum absolute atomic E-state index is 13.0. The van der Waals surface area contributed by atoms with Gasteiger partial charge in [-0.1, -0.05) is 19.4 Å². The van der Waals surface area contributed by atoms with Gasteiger partial charge in [-0.05, 0) is 43.7 Å². The van der Waals surface area contributed by atoms with Crippen molar-refractivity contribution < 1.29 is 9.18 Å². The molecule has 0 atom stereocenters. The zero-order valence-electron chi connectivity index (χ0n) is 11.5. The fourth-order valence-corrected chi connectivity index (χ4v) is 2.66. The maximum Gasteiger partial charge on any atom is 0.271 e. The second kappa shape index (κ2) is 6.00. The highest BCUT2D eigenvalue weighted by atomic mass is 19.1. The van der Waals surface area contributed by atoms with E-state index >= 15 is 0 Å². The van der Waals surface area contributed by atoms with Crippen LogP contribution in [-0.2, 0) is 0 Å². The van der Waals surface area contributed by atoms with Crippen LogP contribution in [0.3, 0.4) is 0 Å². The number of hydrogen-bond acceptors (Lipinski definition) is 3. The molecule has 0 unspecified atom stereocenters. The van der Waals surface area contributed by atoms with Crippen LogP contribution in [0.5, 0.6) is 0 Å². The molecule has 1 fully saturated rings. The minimum atomic E-state index is -0.837. The van der Waals surface area contributed by atoms with Gasteiger partial charge in [0.1, 0.15) is 11.2 Å². The standard InChI is InChI=1S/C15H18FN3O/c1-2-11-6-8-15(10-17,9-7-11)19-14(20)12-4-3-5-13(16)18-12/h3-5,11H,2,6-9H2,1H3,(H,19,20). The third kappa shape index (κ3) is 3.13. The van der Waals surface area contributed by atoms with Gasteiger partial charge in [0.2, 0.25) is 5.95 Å². The van der Waals surface area contributed by atoms with Crippen LogP contribution in [0, 0.1) is 23.2 Å². The molecule has 1 saturated carbocycles. The summed E-state index contributed by atoms with van der Waals surface area (Å²) in [7, 11) is 0. The Kier molecular flexibility index (Phi) is 4.33. The van der Waals surface area contributed by atoms with E-state index in [1.165, 1.54) is 18.2 Å². The number of halogens is 1. The van der Waals surface area contributed by atoms with E-state index in [9.17, 15) is 14.4 Å². The van der Waals surface area contributed by atoms with Gasteiger partial charge in [0.15, 0.2) is 0 Å². The zero-order valence-corrected chi connectivity index (χ0v) is 11.5. The number of pyridine rings is 1. The summed E-state index contributed by atoms with van der Waals surface area (Å²) < 4.78 is 13.0. The molecule has 0 aromatic carbocycles. The Morgan fingerprint density at radius 1 is 1.55 bits per heavy atom. The van der Waals surface area contributed by atoms with Crippen LogP contribution in [-0.4, -0.2) is 16.4 Å². The highest BCUT2D eigenvalue weighted by molar-refractivity contribution is 5.93. The Bertz CT molecular complexity index is 530. The molecule has 1 aliphatic carbocycles. The molecule has 0 radical (unpaired) electrons. The number of nitrogens with one attached hydrogen (secondary N) is 1. The first-order valence-electron chi connectivity index (χ1n) is 6.95. The minimum Gasteiger partial charge on any atom is -0.332 e. The summed E-state index contributed by atoms with van der Waals surface area (Å²) in [5.41, 5.74) is -0.825. The van der Waals surface area contributed by atoms with Crippen LogP contribution in [0.25, 0.3) is 0 Å². The van der Waals surface area contributed by atoms with Crippen molar-refractivity contribution in [1.29, 1.82) is 5.26 Å². The topological polar surface area (TPSA) is 65.8 Å². The number of rotatable bonds is 3. The highest BCUT2D eigenvalue weighted by Gasteiger charge is 2.36. The Labute approximate surface area is 118 Å². The van der Waals surface area contributed by atoms with Crippen molar-refractivity contribution >= 4 is 5.91 Å². The smallest absolute Gasteiger partial charge is 0.271 e. The molecule has 0 bridgehead atoms. The number of carbonyl (C=O) groups excluding carboxylic acids is 1. The summed E-state index contributed by atoms with van der Waals surface area (Å²) in [5.74, 6) is -0.556. The molecule has 1 amide bonds. The summed E-state index contributed by atoms with van der Waals surface area (Å²) in [5, 5.41) is 12.1. The molecule has 20 heavy (non-hydrogen) atoms. The Morgan fingerprint density at radius 3 is 2.80 bits per heavy atom. The van der Waals surface area contributed by atoms with Crippen molar-refractivity contribution in [3.63, 3.8) is 0 Å². The molecule has 1 aliphatic rings. The highest BCUT2D eigenvalue weighted by Crippen LogP contribution is 2.33. The molecule has 1 aromatic heterocycles. The normalized spacial score (nSPS) is 25.8. The lowest BCUT2D eigenvalue weighted by Gasteiger charge is -2.35. The van der Waals surface area contributed by atoms with Crippen molar-refractivity contribution in [1.82, 2.24) is 10.3 Å². The lowest BCUT2D eigenvalue weighted by molar-refractivity contribution is 0.0885. The van der Waals surface area contributed by atoms with Crippen molar-refractivity contribution in [2.24, 2.45) is 5.92 Å². The van der Waals surface area contributed by atoms with Crippen LogP contribution in [0.1, 0.15) is 49.5 Å². The van der Waals surface area contributed by atoms with Gasteiger partial charge < -0.3 is 5.32 Å². The van der Waals surface area contributed by atoms with Crippen LogP contribution >= 0.6 is 0 Å². The average Bonchev–Trinajstić information content (AvgIpc) is 2.48. The van der Waals surface area contributed by atoms with Gasteiger partial charge in [-0.2, -0.15) is 9.65 Å². The van der Waals surface area contributed by atoms with Crippen LogP contribution in [0.2, 0.25) is 0 Å². The molecule has 2 rings (SSSR count). The maximum atomic E-state index is 13.0. The summed E-state index contributed by atoms with van der Waals surface area (Å²) in [6.45, 7) is 2.14. The molecular weight excluding hydrogens is 257 g/mol. The van der Waals surface area contributed by atoms with Crippen molar-refractivity contribution in [3.8, 4) is 6.07 Å². The Morgan fingerprint density at radius 2 is 2.25 bits per heavy atom. The number of nitriles is 1. The lowest BCUT2D eigenvalue weighted by Crippen LogP contribution is -2.49. The monoisotopic (exact) mass is 275 g/mol. The first kappa shape index (κ1) is 14.4. The van der Waals surface area contributed by atoms with E-state index in [-0.39, 0.29) is 5.69 Å². The quantitative estimate of drug-likeness (QED) is 0.863. The summed E-state index contributed by atoms with van der Waals surface area (Å²) >= 11 is 0. The molecule has 0 spiro atoms. The Balaban J connectivity index is 2.07. The fraction of sp³-hybridized carbons (Fsp3) is 0.533. The first-order valence-corrected chi connectivity index (χ1v) is 6.95. The van der Waals surface area contributed by atoms with Crippen molar-refractivity contribution in [3.05, 3.63) is 29.8 Å².